The minimum Gasteiger partial charge on any atom is -0.471 e. The fourth-order valence-corrected chi connectivity index (χ4v) is 2.90. The molecule has 0 aliphatic carbocycles. The average molecular weight is 333 g/mol. The van der Waals surface area contributed by atoms with Gasteiger partial charge in [0.25, 0.3) is 0 Å². The number of hydrogen-bond donors (Lipinski definition) is 1. The zero-order valence-corrected chi connectivity index (χ0v) is 13.3. The van der Waals surface area contributed by atoms with Crippen LogP contribution in [-0.2, 0) is 6.42 Å². The summed E-state index contributed by atoms with van der Waals surface area (Å²) in [5.41, 5.74) is 1.45. The number of aromatic nitrogens is 1. The van der Waals surface area contributed by atoms with E-state index in [9.17, 15) is 18.7 Å². The van der Waals surface area contributed by atoms with Crippen molar-refractivity contribution in [2.24, 2.45) is 5.92 Å². The van der Waals surface area contributed by atoms with Gasteiger partial charge in [-0.15, -0.1) is 0 Å². The first-order valence-corrected chi connectivity index (χ1v) is 7.68. The molecule has 1 aliphatic heterocycles. The third kappa shape index (κ3) is 2.89. The molecule has 0 bridgehead atoms. The minimum atomic E-state index is -0.713. The van der Waals surface area contributed by atoms with E-state index < -0.39 is 17.7 Å². The number of pyridine rings is 1. The zero-order valence-electron chi connectivity index (χ0n) is 13.3. The molecule has 1 N–H and O–H groups in total. The zero-order chi connectivity index (χ0) is 17.4. The molecule has 0 radical (unpaired) electrons. The van der Waals surface area contributed by atoms with Gasteiger partial charge >= 0.3 is 0 Å². The summed E-state index contributed by atoms with van der Waals surface area (Å²) in [4.78, 5) is 15.9. The fraction of sp³-hybridized carbons (Fsp3) is 0.333. The van der Waals surface area contributed by atoms with Crippen LogP contribution in [-0.4, -0.2) is 28.6 Å². The van der Waals surface area contributed by atoms with Crippen molar-refractivity contribution in [1.29, 1.82) is 0 Å². The van der Waals surface area contributed by atoms with E-state index in [0.29, 0.717) is 17.5 Å². The number of Topliss-reactive ketones (excluding diaryl/α,β-unsaturated/α-hetero) is 1. The summed E-state index contributed by atoms with van der Waals surface area (Å²) in [7, 11) is 0. The molecule has 0 fully saturated rings. The van der Waals surface area contributed by atoms with Crippen LogP contribution in [0, 0.1) is 17.6 Å². The molecule has 126 valence electrons. The number of aliphatic hydroxyl groups is 1. The molecule has 3 rings (SSSR count). The minimum absolute atomic E-state index is 0.00487. The highest BCUT2D eigenvalue weighted by Crippen LogP contribution is 2.38. The van der Waals surface area contributed by atoms with Crippen molar-refractivity contribution < 1.29 is 23.4 Å². The predicted octanol–water partition coefficient (Wildman–Crippen LogP) is 3.16. The molecule has 2 heterocycles. The number of fused-ring (bicyclic) bond motifs is 1. The summed E-state index contributed by atoms with van der Waals surface area (Å²) in [6, 6.07) is 4.82. The first-order chi connectivity index (χ1) is 11.4. The Labute approximate surface area is 138 Å². The Morgan fingerprint density at radius 1 is 1.33 bits per heavy atom. The normalized spacial score (nSPS) is 19.5. The molecule has 0 unspecified atom stereocenters. The van der Waals surface area contributed by atoms with Gasteiger partial charge in [-0.05, 0) is 36.1 Å². The molecule has 1 aliphatic rings. The quantitative estimate of drug-likeness (QED) is 0.877. The van der Waals surface area contributed by atoms with Gasteiger partial charge in [0.15, 0.2) is 5.78 Å². The van der Waals surface area contributed by atoms with E-state index in [1.165, 1.54) is 25.1 Å². The van der Waals surface area contributed by atoms with Crippen molar-refractivity contribution in [3.8, 4) is 17.0 Å². The number of carbonyl (C=O) groups excluding carboxylic acids is 1. The molecule has 0 saturated heterocycles. The van der Waals surface area contributed by atoms with Gasteiger partial charge in [-0.25, -0.2) is 13.8 Å². The van der Waals surface area contributed by atoms with Gasteiger partial charge in [0, 0.05) is 24.1 Å². The largest absolute Gasteiger partial charge is 0.471 e. The molecule has 0 saturated carbocycles. The molecular weight excluding hydrogens is 316 g/mol. The van der Waals surface area contributed by atoms with Crippen LogP contribution in [0.5, 0.6) is 5.88 Å². The van der Waals surface area contributed by atoms with E-state index in [4.69, 9.17) is 4.74 Å². The van der Waals surface area contributed by atoms with Crippen molar-refractivity contribution in [3.05, 3.63) is 47.2 Å². The number of nitrogens with zero attached hydrogens (tertiary/aromatic N) is 1. The molecule has 24 heavy (non-hydrogen) atoms. The van der Waals surface area contributed by atoms with Crippen LogP contribution in [0.25, 0.3) is 11.1 Å². The molecular formula is C18H17F2NO3. The standard InChI is InChI=1S/C18H17F2NO3/c1-9-5-14-13(12-4-3-11(19)6-15(12)20)7-16(10(2)23)21-18(14)24-17(9)8-22/h3-4,6-7,9,17,22H,5,8H2,1-2H3/t9-,17-/m0/s1. The average Bonchev–Trinajstić information content (AvgIpc) is 2.53. The highest BCUT2D eigenvalue weighted by atomic mass is 19.1. The maximum absolute atomic E-state index is 14.3. The molecule has 6 heteroatoms. The third-order valence-electron chi connectivity index (χ3n) is 4.27. The van der Waals surface area contributed by atoms with Gasteiger partial charge in [-0.2, -0.15) is 0 Å². The van der Waals surface area contributed by atoms with E-state index in [0.717, 1.165) is 6.07 Å². The summed E-state index contributed by atoms with van der Waals surface area (Å²) >= 11 is 0. The van der Waals surface area contributed by atoms with Gasteiger partial charge in [-0.3, -0.25) is 4.79 Å². The van der Waals surface area contributed by atoms with Gasteiger partial charge in [0.2, 0.25) is 5.88 Å². The van der Waals surface area contributed by atoms with E-state index in [1.807, 2.05) is 6.92 Å². The van der Waals surface area contributed by atoms with Crippen molar-refractivity contribution in [2.45, 2.75) is 26.4 Å². The van der Waals surface area contributed by atoms with E-state index in [1.54, 1.807) is 0 Å². The maximum atomic E-state index is 14.3. The van der Waals surface area contributed by atoms with Gasteiger partial charge in [-0.1, -0.05) is 6.92 Å². The first-order valence-electron chi connectivity index (χ1n) is 7.68. The van der Waals surface area contributed by atoms with Crippen LogP contribution >= 0.6 is 0 Å². The summed E-state index contributed by atoms with van der Waals surface area (Å²) in [5.74, 6) is -1.46. The summed E-state index contributed by atoms with van der Waals surface area (Å²) in [6.07, 6.45) is 0.0795. The Bertz CT molecular complexity index is 807. The van der Waals surface area contributed by atoms with Crippen molar-refractivity contribution in [1.82, 2.24) is 4.98 Å². The molecule has 4 nitrogen and oxygen atoms in total. The number of aliphatic hydroxyl groups excluding tert-OH is 1. The number of hydrogen-bond acceptors (Lipinski definition) is 4. The van der Waals surface area contributed by atoms with Crippen LogP contribution in [0.3, 0.4) is 0 Å². The lowest BCUT2D eigenvalue weighted by molar-refractivity contribution is 0.0561. The predicted molar refractivity (Wildman–Crippen MR) is 84.0 cm³/mol. The number of rotatable bonds is 3. The number of halogens is 2. The molecule has 1 aromatic carbocycles. The lowest BCUT2D eigenvalue weighted by atomic mass is 9.88. The Hall–Kier alpha value is -2.34. The second-order valence-corrected chi connectivity index (χ2v) is 6.04. The van der Waals surface area contributed by atoms with Crippen molar-refractivity contribution in [2.75, 3.05) is 6.61 Å². The number of benzene rings is 1. The number of carbonyl (C=O) groups is 1. The van der Waals surface area contributed by atoms with Crippen LogP contribution in [0.2, 0.25) is 0 Å². The third-order valence-corrected chi connectivity index (χ3v) is 4.27. The lowest BCUT2D eigenvalue weighted by Crippen LogP contribution is -2.35. The van der Waals surface area contributed by atoms with E-state index in [-0.39, 0.29) is 35.4 Å². The Balaban J connectivity index is 2.21. The van der Waals surface area contributed by atoms with Crippen LogP contribution < -0.4 is 4.74 Å². The number of ketones is 1. The van der Waals surface area contributed by atoms with E-state index in [2.05, 4.69) is 4.98 Å². The summed E-state index contributed by atoms with van der Waals surface area (Å²) in [5, 5.41) is 9.41. The highest BCUT2D eigenvalue weighted by molar-refractivity contribution is 5.94. The van der Waals surface area contributed by atoms with Gasteiger partial charge in [0.1, 0.15) is 23.4 Å². The van der Waals surface area contributed by atoms with Crippen molar-refractivity contribution in [3.63, 3.8) is 0 Å². The van der Waals surface area contributed by atoms with Gasteiger partial charge in [0.05, 0.1) is 6.61 Å². The van der Waals surface area contributed by atoms with Crippen molar-refractivity contribution >= 4 is 5.78 Å². The molecule has 0 spiro atoms. The topological polar surface area (TPSA) is 59.4 Å². The Kier molecular flexibility index (Phi) is 4.32. The van der Waals surface area contributed by atoms with E-state index >= 15 is 0 Å². The van der Waals surface area contributed by atoms with Gasteiger partial charge < -0.3 is 9.84 Å². The Morgan fingerprint density at radius 2 is 2.08 bits per heavy atom. The first kappa shape index (κ1) is 16.5. The second-order valence-electron chi connectivity index (χ2n) is 6.04. The second kappa shape index (κ2) is 6.28. The molecule has 0 amide bonds. The summed E-state index contributed by atoms with van der Waals surface area (Å²) in [6.45, 7) is 3.09. The number of ether oxygens (including phenoxy) is 1. The molecule has 1 aromatic heterocycles. The monoisotopic (exact) mass is 333 g/mol. The fourth-order valence-electron chi connectivity index (χ4n) is 2.90. The van der Waals surface area contributed by atoms with Crippen LogP contribution in [0.1, 0.15) is 29.9 Å². The Morgan fingerprint density at radius 3 is 2.71 bits per heavy atom. The highest BCUT2D eigenvalue weighted by Gasteiger charge is 2.31. The lowest BCUT2D eigenvalue weighted by Gasteiger charge is -2.31. The molecule has 2 atom stereocenters. The maximum Gasteiger partial charge on any atom is 0.218 e. The molecule has 2 aromatic rings. The van der Waals surface area contributed by atoms with Crippen LogP contribution in [0.15, 0.2) is 24.3 Å². The van der Waals surface area contributed by atoms with Crippen LogP contribution in [0.4, 0.5) is 8.78 Å². The smallest absolute Gasteiger partial charge is 0.218 e. The SMILES string of the molecule is CC(=O)c1cc(-c2ccc(F)cc2F)c2c(n1)O[C@@H](CO)[C@@H](C)C2. The summed E-state index contributed by atoms with van der Waals surface area (Å²) < 4.78 is 33.2.